The van der Waals surface area contributed by atoms with Gasteiger partial charge in [-0.05, 0) is 36.9 Å². The van der Waals surface area contributed by atoms with Gasteiger partial charge in [-0.1, -0.05) is 67.1 Å². The molecule has 0 radical (unpaired) electrons. The molecule has 0 saturated carbocycles. The summed E-state index contributed by atoms with van der Waals surface area (Å²) in [4.78, 5) is 62.8. The fraction of sp³-hybridized carbons (Fsp3) is 0.414. The van der Waals surface area contributed by atoms with Crippen molar-refractivity contribution in [1.29, 1.82) is 0 Å². The van der Waals surface area contributed by atoms with Crippen molar-refractivity contribution in [3.63, 3.8) is 0 Å². The maximum Gasteiger partial charge on any atom is 0.326 e. The number of carboxylic acids is 1. The number of hydrogen-bond donors (Lipinski definition) is 7. The first-order chi connectivity index (χ1) is 19.6. The number of nitrogens with one attached hydrogen (secondary N) is 3. The zero-order chi connectivity index (χ0) is 30.2. The zero-order valence-electron chi connectivity index (χ0n) is 23.0. The monoisotopic (exact) mass is 568 g/mol. The molecule has 0 aliphatic heterocycles. The highest BCUT2D eigenvalue weighted by Gasteiger charge is 2.30. The van der Waals surface area contributed by atoms with Crippen molar-refractivity contribution in [2.24, 2.45) is 17.2 Å². The third kappa shape index (κ3) is 12.2. The first-order valence-electron chi connectivity index (χ1n) is 13.6. The van der Waals surface area contributed by atoms with E-state index in [2.05, 4.69) is 16.0 Å². The lowest BCUT2D eigenvalue weighted by atomic mass is 10.0. The average Bonchev–Trinajstić information content (AvgIpc) is 2.95. The molecule has 2 aromatic carbocycles. The molecule has 0 heterocycles. The molecular weight excluding hydrogens is 528 g/mol. The molecule has 12 heteroatoms. The molecule has 0 aliphatic carbocycles. The molecule has 0 saturated heterocycles. The number of amides is 4. The van der Waals surface area contributed by atoms with Gasteiger partial charge in [-0.15, -0.1) is 0 Å². The molecule has 222 valence electrons. The molecule has 0 bridgehead atoms. The normalized spacial score (nSPS) is 13.7. The van der Waals surface area contributed by atoms with Crippen LogP contribution in [-0.4, -0.2) is 65.4 Å². The lowest BCUT2D eigenvalue weighted by molar-refractivity contribution is -0.142. The Morgan fingerprint density at radius 3 is 1.68 bits per heavy atom. The van der Waals surface area contributed by atoms with E-state index in [1.807, 2.05) is 6.07 Å². The van der Waals surface area contributed by atoms with E-state index in [1.165, 1.54) is 0 Å². The van der Waals surface area contributed by atoms with Crippen LogP contribution in [0.5, 0.6) is 0 Å². The minimum Gasteiger partial charge on any atom is -0.480 e. The van der Waals surface area contributed by atoms with Crippen LogP contribution in [-0.2, 0) is 36.8 Å². The summed E-state index contributed by atoms with van der Waals surface area (Å²) in [6, 6.07) is 13.1. The Morgan fingerprint density at radius 1 is 0.683 bits per heavy atom. The Balaban J connectivity index is 2.21. The summed E-state index contributed by atoms with van der Waals surface area (Å²) in [6.45, 7) is 0.468. The van der Waals surface area contributed by atoms with Crippen molar-refractivity contribution in [2.75, 3.05) is 6.54 Å². The van der Waals surface area contributed by atoms with Gasteiger partial charge in [0.05, 0.1) is 6.04 Å². The quantitative estimate of drug-likeness (QED) is 0.118. The molecule has 4 atom stereocenters. The Bertz CT molecular complexity index is 1150. The van der Waals surface area contributed by atoms with Crippen molar-refractivity contribution in [3.05, 3.63) is 71.8 Å². The van der Waals surface area contributed by atoms with Gasteiger partial charge in [0.15, 0.2) is 0 Å². The first-order valence-corrected chi connectivity index (χ1v) is 13.6. The second-order valence-corrected chi connectivity index (χ2v) is 9.80. The molecule has 0 aliphatic rings. The lowest BCUT2D eigenvalue weighted by Gasteiger charge is -2.25. The van der Waals surface area contributed by atoms with Crippen LogP contribution in [0.3, 0.4) is 0 Å². The molecular formula is C29H40N6O6. The number of hydrogen-bond acceptors (Lipinski definition) is 7. The SMILES string of the molecule is NCCCCC(N)C(=O)NC(Cc1ccccc1)C(=O)NC(CCC(N)=O)C(=O)NC(Cc1ccccc1)C(=O)O. The van der Waals surface area contributed by atoms with Gasteiger partial charge in [0.1, 0.15) is 18.1 Å². The van der Waals surface area contributed by atoms with Crippen LogP contribution >= 0.6 is 0 Å². The Labute approximate surface area is 239 Å². The largest absolute Gasteiger partial charge is 0.480 e. The first kappa shape index (κ1) is 32.9. The van der Waals surface area contributed by atoms with Gasteiger partial charge < -0.3 is 38.3 Å². The van der Waals surface area contributed by atoms with Crippen LogP contribution in [0.1, 0.15) is 43.2 Å². The highest BCUT2D eigenvalue weighted by atomic mass is 16.4. The molecule has 0 aromatic heterocycles. The van der Waals surface area contributed by atoms with E-state index in [0.717, 1.165) is 5.56 Å². The third-order valence-corrected chi connectivity index (χ3v) is 6.43. The number of unbranched alkanes of at least 4 members (excludes halogenated alkanes) is 1. The van der Waals surface area contributed by atoms with Crippen LogP contribution in [0.15, 0.2) is 60.7 Å². The molecule has 10 N–H and O–H groups in total. The number of carboxylic acid groups (broad SMARTS) is 1. The van der Waals surface area contributed by atoms with E-state index in [4.69, 9.17) is 17.2 Å². The van der Waals surface area contributed by atoms with E-state index < -0.39 is 53.8 Å². The van der Waals surface area contributed by atoms with Gasteiger partial charge in [-0.2, -0.15) is 0 Å². The average molecular weight is 569 g/mol. The van der Waals surface area contributed by atoms with Crippen LogP contribution in [0.2, 0.25) is 0 Å². The molecule has 12 nitrogen and oxygen atoms in total. The summed E-state index contributed by atoms with van der Waals surface area (Å²) < 4.78 is 0. The number of carbonyl (C=O) groups excluding carboxylic acids is 4. The zero-order valence-corrected chi connectivity index (χ0v) is 23.0. The standard InChI is InChI=1S/C29H40N6O6/c30-16-8-7-13-21(31)26(37)34-23(17-19-9-3-1-4-10-19)28(39)33-22(14-15-25(32)36)27(38)35-24(29(40)41)18-20-11-5-2-6-12-20/h1-6,9-12,21-24H,7-8,13-18,30-31H2,(H2,32,36)(H,33,39)(H,34,37)(H,35,38)(H,40,41). The summed E-state index contributed by atoms with van der Waals surface area (Å²) in [7, 11) is 0. The third-order valence-electron chi connectivity index (χ3n) is 6.43. The highest BCUT2D eigenvalue weighted by Crippen LogP contribution is 2.09. The van der Waals surface area contributed by atoms with E-state index in [1.54, 1.807) is 54.6 Å². The lowest BCUT2D eigenvalue weighted by Crippen LogP contribution is -2.57. The summed E-state index contributed by atoms with van der Waals surface area (Å²) >= 11 is 0. The van der Waals surface area contributed by atoms with Crippen molar-refractivity contribution in [1.82, 2.24) is 16.0 Å². The van der Waals surface area contributed by atoms with E-state index in [-0.39, 0.29) is 25.7 Å². The highest BCUT2D eigenvalue weighted by molar-refractivity contribution is 5.94. The number of benzene rings is 2. The fourth-order valence-electron chi connectivity index (χ4n) is 4.13. The summed E-state index contributed by atoms with van der Waals surface area (Å²) in [5, 5.41) is 17.4. The summed E-state index contributed by atoms with van der Waals surface area (Å²) in [5.74, 6) is -4.00. The van der Waals surface area contributed by atoms with Gasteiger partial charge in [0.25, 0.3) is 0 Å². The number of aliphatic carboxylic acids is 1. The number of primary amides is 1. The Morgan fingerprint density at radius 2 is 1.17 bits per heavy atom. The molecule has 41 heavy (non-hydrogen) atoms. The number of rotatable bonds is 18. The minimum absolute atomic E-state index is 0.00708. The summed E-state index contributed by atoms with van der Waals surface area (Å²) in [5.41, 5.74) is 18.2. The molecule has 2 rings (SSSR count). The van der Waals surface area contributed by atoms with E-state index >= 15 is 0 Å². The molecule has 2 aromatic rings. The van der Waals surface area contributed by atoms with Crippen molar-refractivity contribution >= 4 is 29.6 Å². The fourth-order valence-corrected chi connectivity index (χ4v) is 4.13. The van der Waals surface area contributed by atoms with Gasteiger partial charge in [0.2, 0.25) is 23.6 Å². The van der Waals surface area contributed by atoms with Gasteiger partial charge in [-0.3, -0.25) is 19.2 Å². The van der Waals surface area contributed by atoms with E-state index in [0.29, 0.717) is 31.4 Å². The second kappa shape index (κ2) is 17.4. The predicted octanol–water partition coefficient (Wildman–Crippen LogP) is -0.267. The Hall–Kier alpha value is -4.29. The van der Waals surface area contributed by atoms with E-state index in [9.17, 15) is 29.1 Å². The van der Waals surface area contributed by atoms with Crippen LogP contribution in [0.4, 0.5) is 0 Å². The van der Waals surface area contributed by atoms with Crippen LogP contribution in [0, 0.1) is 0 Å². The summed E-state index contributed by atoms with van der Waals surface area (Å²) in [6.07, 6.45) is 1.42. The van der Waals surface area contributed by atoms with Crippen molar-refractivity contribution in [3.8, 4) is 0 Å². The van der Waals surface area contributed by atoms with Gasteiger partial charge in [-0.25, -0.2) is 4.79 Å². The maximum absolute atomic E-state index is 13.4. The molecule has 4 amide bonds. The van der Waals surface area contributed by atoms with Crippen LogP contribution in [0.25, 0.3) is 0 Å². The van der Waals surface area contributed by atoms with Crippen molar-refractivity contribution in [2.45, 2.75) is 69.1 Å². The molecule has 0 fully saturated rings. The molecule has 0 spiro atoms. The van der Waals surface area contributed by atoms with Gasteiger partial charge >= 0.3 is 5.97 Å². The molecule has 4 unspecified atom stereocenters. The smallest absolute Gasteiger partial charge is 0.326 e. The number of nitrogens with two attached hydrogens (primary N) is 3. The number of carbonyl (C=O) groups is 5. The minimum atomic E-state index is -1.29. The maximum atomic E-state index is 13.4. The second-order valence-electron chi connectivity index (χ2n) is 9.80. The Kier molecular flexibility index (Phi) is 14.0. The van der Waals surface area contributed by atoms with Crippen molar-refractivity contribution < 1.29 is 29.1 Å². The predicted molar refractivity (Wildman–Crippen MR) is 153 cm³/mol. The van der Waals surface area contributed by atoms with Crippen LogP contribution < -0.4 is 33.2 Å². The topological polar surface area (TPSA) is 220 Å². The van der Waals surface area contributed by atoms with Gasteiger partial charge in [0, 0.05) is 19.3 Å².